The van der Waals surface area contributed by atoms with Gasteiger partial charge in [-0.1, -0.05) is 24.8 Å². The number of allylic oxidation sites excluding steroid dienone is 1. The summed E-state index contributed by atoms with van der Waals surface area (Å²) in [5.41, 5.74) is -0.356. The molecule has 3 aliphatic rings. The van der Waals surface area contributed by atoms with Gasteiger partial charge in [-0.3, -0.25) is 4.79 Å². The molecule has 1 aliphatic carbocycles. The SMILES string of the molecule is C=C1C(=O)O[C@H]2C(=O)/C(C)=C/CC[C@](C)(O)/C=C/C[C@@]3(C)O[C@@H]3C[C@@H]12. The maximum atomic E-state index is 12.7. The van der Waals surface area contributed by atoms with Crippen LogP contribution in [0.4, 0.5) is 0 Å². The van der Waals surface area contributed by atoms with Gasteiger partial charge < -0.3 is 14.6 Å². The molecule has 5 heteroatoms. The van der Waals surface area contributed by atoms with Crippen LogP contribution < -0.4 is 0 Å². The third-order valence-corrected chi connectivity index (χ3v) is 5.56. The van der Waals surface area contributed by atoms with Gasteiger partial charge in [0.05, 0.1) is 17.3 Å². The van der Waals surface area contributed by atoms with E-state index in [0.717, 1.165) is 0 Å². The number of aliphatic hydroxyl groups is 1. The Hall–Kier alpha value is -1.72. The minimum atomic E-state index is -0.929. The van der Waals surface area contributed by atoms with Crippen molar-refractivity contribution in [3.63, 3.8) is 0 Å². The molecule has 0 aromatic heterocycles. The average molecular weight is 346 g/mol. The first kappa shape index (κ1) is 18.1. The summed E-state index contributed by atoms with van der Waals surface area (Å²) < 4.78 is 11.1. The number of hydrogen-bond donors (Lipinski definition) is 1. The summed E-state index contributed by atoms with van der Waals surface area (Å²) in [7, 11) is 0. The lowest BCUT2D eigenvalue weighted by molar-refractivity contribution is -0.145. The molecule has 2 aliphatic heterocycles. The zero-order valence-electron chi connectivity index (χ0n) is 15.1. The van der Waals surface area contributed by atoms with E-state index in [-0.39, 0.29) is 23.4 Å². The third-order valence-electron chi connectivity index (χ3n) is 5.56. The second-order valence-electron chi connectivity index (χ2n) is 7.87. The van der Waals surface area contributed by atoms with Crippen molar-refractivity contribution >= 4 is 11.8 Å². The summed E-state index contributed by atoms with van der Waals surface area (Å²) >= 11 is 0. The molecule has 0 bridgehead atoms. The van der Waals surface area contributed by atoms with E-state index >= 15 is 0 Å². The minimum Gasteiger partial charge on any atom is -0.450 e. The van der Waals surface area contributed by atoms with Crippen LogP contribution in [0.5, 0.6) is 0 Å². The maximum absolute atomic E-state index is 12.7. The Morgan fingerprint density at radius 1 is 1.32 bits per heavy atom. The predicted octanol–water partition coefficient (Wildman–Crippen LogP) is 2.64. The summed E-state index contributed by atoms with van der Waals surface area (Å²) in [4.78, 5) is 24.7. The topological polar surface area (TPSA) is 76.1 Å². The molecule has 2 heterocycles. The van der Waals surface area contributed by atoms with Crippen LogP contribution in [0.25, 0.3) is 0 Å². The van der Waals surface area contributed by atoms with Crippen molar-refractivity contribution in [2.45, 2.75) is 69.9 Å². The smallest absolute Gasteiger partial charge is 0.334 e. The quantitative estimate of drug-likeness (QED) is 0.316. The summed E-state index contributed by atoms with van der Waals surface area (Å²) in [6.45, 7) is 9.31. The first-order chi connectivity index (χ1) is 11.6. The van der Waals surface area contributed by atoms with E-state index in [0.29, 0.717) is 36.8 Å². The van der Waals surface area contributed by atoms with Gasteiger partial charge in [0.1, 0.15) is 0 Å². The number of fused-ring (bicyclic) bond motifs is 2. The van der Waals surface area contributed by atoms with Gasteiger partial charge >= 0.3 is 5.97 Å². The fraction of sp³-hybridized carbons (Fsp3) is 0.600. The number of Topliss-reactive ketones (excluding diaryl/α,β-unsaturated/α-hetero) is 1. The molecule has 0 unspecified atom stereocenters. The van der Waals surface area contributed by atoms with Crippen LogP contribution in [0.3, 0.4) is 0 Å². The van der Waals surface area contributed by atoms with Crippen LogP contribution in [0, 0.1) is 5.92 Å². The highest BCUT2D eigenvalue weighted by Gasteiger charge is 2.55. The molecule has 2 saturated heterocycles. The van der Waals surface area contributed by atoms with E-state index in [9.17, 15) is 14.7 Å². The van der Waals surface area contributed by atoms with Gasteiger partial charge in [-0.05, 0) is 52.0 Å². The lowest BCUT2D eigenvalue weighted by atomic mass is 9.84. The minimum absolute atomic E-state index is 0.0547. The highest BCUT2D eigenvalue weighted by Crippen LogP contribution is 2.46. The molecule has 0 spiro atoms. The predicted molar refractivity (Wildman–Crippen MR) is 92.8 cm³/mol. The molecule has 136 valence electrons. The van der Waals surface area contributed by atoms with Gasteiger partial charge in [-0.15, -0.1) is 0 Å². The molecule has 0 aromatic rings. The molecular weight excluding hydrogens is 320 g/mol. The van der Waals surface area contributed by atoms with Gasteiger partial charge in [0, 0.05) is 11.5 Å². The van der Waals surface area contributed by atoms with Gasteiger partial charge in [-0.25, -0.2) is 4.79 Å². The Bertz CT molecular complexity index is 672. The first-order valence-electron chi connectivity index (χ1n) is 8.82. The highest BCUT2D eigenvalue weighted by atomic mass is 16.6. The van der Waals surface area contributed by atoms with Crippen molar-refractivity contribution < 1.29 is 24.2 Å². The van der Waals surface area contributed by atoms with Crippen molar-refractivity contribution in [2.24, 2.45) is 5.92 Å². The van der Waals surface area contributed by atoms with Gasteiger partial charge in [0.25, 0.3) is 0 Å². The van der Waals surface area contributed by atoms with Crippen LogP contribution in [0.15, 0.2) is 36.0 Å². The lowest BCUT2D eigenvalue weighted by Gasteiger charge is -2.20. The fourth-order valence-electron chi connectivity index (χ4n) is 3.64. The number of carbonyl (C=O) groups is 2. The number of esters is 1. The van der Waals surface area contributed by atoms with Crippen molar-refractivity contribution in [3.05, 3.63) is 36.0 Å². The van der Waals surface area contributed by atoms with Crippen molar-refractivity contribution in [1.29, 1.82) is 0 Å². The van der Waals surface area contributed by atoms with E-state index < -0.39 is 17.7 Å². The monoisotopic (exact) mass is 346 g/mol. The van der Waals surface area contributed by atoms with Gasteiger partial charge in [0.15, 0.2) is 11.9 Å². The Labute approximate surface area is 148 Å². The van der Waals surface area contributed by atoms with Crippen LogP contribution in [0.2, 0.25) is 0 Å². The average Bonchev–Trinajstić information content (AvgIpc) is 3.07. The van der Waals surface area contributed by atoms with Crippen molar-refractivity contribution in [3.8, 4) is 0 Å². The maximum Gasteiger partial charge on any atom is 0.334 e. The van der Waals surface area contributed by atoms with Gasteiger partial charge in [0.2, 0.25) is 0 Å². The number of ether oxygens (including phenoxy) is 2. The molecule has 25 heavy (non-hydrogen) atoms. The number of hydrogen-bond acceptors (Lipinski definition) is 5. The Kier molecular flexibility index (Phi) is 4.50. The Balaban J connectivity index is 1.88. The van der Waals surface area contributed by atoms with Gasteiger partial charge in [-0.2, -0.15) is 0 Å². The molecule has 5 nitrogen and oxygen atoms in total. The van der Waals surface area contributed by atoms with Crippen LogP contribution in [-0.2, 0) is 19.1 Å². The molecule has 2 fully saturated rings. The van der Waals surface area contributed by atoms with E-state index in [1.807, 2.05) is 13.0 Å². The molecule has 0 aromatic carbocycles. The normalized spacial score (nSPS) is 45.5. The van der Waals surface area contributed by atoms with Crippen molar-refractivity contribution in [2.75, 3.05) is 0 Å². The Morgan fingerprint density at radius 3 is 2.76 bits per heavy atom. The number of epoxide rings is 1. The van der Waals surface area contributed by atoms with Crippen LogP contribution >= 0.6 is 0 Å². The number of ketones is 1. The molecule has 1 N–H and O–H groups in total. The van der Waals surface area contributed by atoms with Crippen molar-refractivity contribution in [1.82, 2.24) is 0 Å². The molecule has 0 radical (unpaired) electrons. The second-order valence-corrected chi connectivity index (χ2v) is 7.87. The van der Waals surface area contributed by atoms with E-state index in [2.05, 4.69) is 6.58 Å². The number of rotatable bonds is 0. The Morgan fingerprint density at radius 2 is 2.04 bits per heavy atom. The summed E-state index contributed by atoms with van der Waals surface area (Å²) in [6.07, 6.45) is 6.98. The van der Waals surface area contributed by atoms with E-state index in [1.54, 1.807) is 26.0 Å². The zero-order chi connectivity index (χ0) is 18.4. The highest BCUT2D eigenvalue weighted by molar-refractivity contribution is 6.04. The zero-order valence-corrected chi connectivity index (χ0v) is 15.1. The molecule has 0 amide bonds. The number of carbonyl (C=O) groups excluding carboxylic acids is 2. The summed E-state index contributed by atoms with van der Waals surface area (Å²) in [5, 5.41) is 10.4. The van der Waals surface area contributed by atoms with Crippen LogP contribution in [0.1, 0.15) is 46.5 Å². The molecule has 5 atom stereocenters. The standard InChI is InChI=1S/C20H26O5/c1-12-7-5-8-19(3,23)9-6-10-20(4)15(25-20)11-14-13(2)18(22)24-17(14)16(12)21/h6-7,9,14-15,17,23H,2,5,8,10-11H2,1,3-4H3/b9-6+,12-7+/t14-,15+,17+,19-,20+/m0/s1. The van der Waals surface area contributed by atoms with E-state index in [1.165, 1.54) is 0 Å². The summed E-state index contributed by atoms with van der Waals surface area (Å²) in [6, 6.07) is 0. The lowest BCUT2D eigenvalue weighted by Crippen LogP contribution is -2.30. The van der Waals surface area contributed by atoms with Crippen LogP contribution in [-0.4, -0.2) is 40.3 Å². The summed E-state index contributed by atoms with van der Waals surface area (Å²) in [5.74, 6) is -1.03. The molecule has 3 rings (SSSR count). The molecular formula is C20H26O5. The fourth-order valence-corrected chi connectivity index (χ4v) is 3.64. The largest absolute Gasteiger partial charge is 0.450 e. The third kappa shape index (κ3) is 3.62. The second kappa shape index (κ2) is 6.22. The van der Waals surface area contributed by atoms with E-state index in [4.69, 9.17) is 9.47 Å². The molecule has 0 saturated carbocycles. The first-order valence-corrected chi connectivity index (χ1v) is 8.82.